The number of ether oxygens (including phenoxy) is 2. The quantitative estimate of drug-likeness (QED) is 0.496. The van der Waals surface area contributed by atoms with Crippen molar-refractivity contribution in [1.29, 1.82) is 0 Å². The summed E-state index contributed by atoms with van der Waals surface area (Å²) in [6, 6.07) is 0.621. The molecule has 4 nitrogen and oxygen atoms in total. The zero-order valence-corrected chi connectivity index (χ0v) is 12.6. The van der Waals surface area contributed by atoms with Crippen LogP contribution < -0.4 is 10.6 Å². The van der Waals surface area contributed by atoms with E-state index in [0.717, 1.165) is 19.6 Å². The summed E-state index contributed by atoms with van der Waals surface area (Å²) in [5.74, 6) is 0. The molecule has 0 aromatic heterocycles. The van der Waals surface area contributed by atoms with E-state index in [1.165, 1.54) is 25.7 Å². The molecule has 0 spiro atoms. The third-order valence-electron chi connectivity index (χ3n) is 3.09. The van der Waals surface area contributed by atoms with Gasteiger partial charge in [0.25, 0.3) is 0 Å². The van der Waals surface area contributed by atoms with Gasteiger partial charge < -0.3 is 20.1 Å². The standard InChI is InChI=1S/C14H32N2O2/c1-5-6-7-8-13(2)16-10-9-15-11-14(18-4)12-17-3/h13-16H,5-12H2,1-4H3. The molecule has 110 valence electrons. The molecule has 0 amide bonds. The molecule has 18 heavy (non-hydrogen) atoms. The van der Waals surface area contributed by atoms with E-state index in [2.05, 4.69) is 24.5 Å². The highest BCUT2D eigenvalue weighted by Gasteiger charge is 2.05. The number of hydrogen-bond donors (Lipinski definition) is 2. The number of methoxy groups -OCH3 is 2. The molecule has 0 heterocycles. The predicted octanol–water partition coefficient (Wildman–Crippen LogP) is 1.80. The first kappa shape index (κ1) is 17.8. The molecule has 0 bridgehead atoms. The van der Waals surface area contributed by atoms with Crippen molar-refractivity contribution in [3.8, 4) is 0 Å². The summed E-state index contributed by atoms with van der Waals surface area (Å²) in [6.07, 6.45) is 5.40. The lowest BCUT2D eigenvalue weighted by Gasteiger charge is -2.16. The summed E-state index contributed by atoms with van der Waals surface area (Å²) in [5.41, 5.74) is 0. The van der Waals surface area contributed by atoms with Crippen LogP contribution in [0.25, 0.3) is 0 Å². The monoisotopic (exact) mass is 260 g/mol. The van der Waals surface area contributed by atoms with Gasteiger partial charge in [0.2, 0.25) is 0 Å². The van der Waals surface area contributed by atoms with E-state index in [1.54, 1.807) is 14.2 Å². The Bertz CT molecular complexity index is 168. The van der Waals surface area contributed by atoms with Gasteiger partial charge in [-0.2, -0.15) is 0 Å². The Balaban J connectivity index is 3.32. The van der Waals surface area contributed by atoms with Crippen LogP contribution in [-0.2, 0) is 9.47 Å². The molecule has 0 rings (SSSR count). The van der Waals surface area contributed by atoms with Crippen molar-refractivity contribution >= 4 is 0 Å². The van der Waals surface area contributed by atoms with E-state index in [9.17, 15) is 0 Å². The van der Waals surface area contributed by atoms with E-state index in [-0.39, 0.29) is 6.10 Å². The maximum absolute atomic E-state index is 5.28. The molecule has 2 unspecified atom stereocenters. The van der Waals surface area contributed by atoms with Crippen molar-refractivity contribution in [2.24, 2.45) is 0 Å². The van der Waals surface area contributed by atoms with E-state index in [0.29, 0.717) is 12.6 Å². The minimum absolute atomic E-state index is 0.150. The Morgan fingerprint density at radius 3 is 2.50 bits per heavy atom. The molecule has 2 N–H and O–H groups in total. The van der Waals surface area contributed by atoms with E-state index < -0.39 is 0 Å². The van der Waals surface area contributed by atoms with Crippen LogP contribution >= 0.6 is 0 Å². The minimum Gasteiger partial charge on any atom is -0.382 e. The SMILES string of the molecule is CCCCCC(C)NCCNCC(COC)OC. The fraction of sp³-hybridized carbons (Fsp3) is 1.00. The summed E-state index contributed by atoms with van der Waals surface area (Å²) in [4.78, 5) is 0. The Labute approximate surface area is 113 Å². The summed E-state index contributed by atoms with van der Waals surface area (Å²) in [6.45, 7) is 7.98. The summed E-state index contributed by atoms with van der Waals surface area (Å²) >= 11 is 0. The largest absolute Gasteiger partial charge is 0.382 e. The van der Waals surface area contributed by atoms with E-state index in [4.69, 9.17) is 9.47 Å². The molecule has 0 aromatic carbocycles. The van der Waals surface area contributed by atoms with Crippen molar-refractivity contribution in [1.82, 2.24) is 10.6 Å². The minimum atomic E-state index is 0.150. The smallest absolute Gasteiger partial charge is 0.0928 e. The number of unbranched alkanes of at least 4 members (excludes halogenated alkanes) is 2. The normalized spacial score (nSPS) is 14.7. The van der Waals surface area contributed by atoms with Gasteiger partial charge in [-0.05, 0) is 13.3 Å². The second-order valence-electron chi connectivity index (χ2n) is 4.87. The molecule has 0 saturated heterocycles. The first-order valence-corrected chi connectivity index (χ1v) is 7.20. The highest BCUT2D eigenvalue weighted by molar-refractivity contribution is 4.64. The Hall–Kier alpha value is -0.160. The van der Waals surface area contributed by atoms with Gasteiger partial charge in [0.15, 0.2) is 0 Å². The molecule has 0 radical (unpaired) electrons. The van der Waals surface area contributed by atoms with Crippen molar-refractivity contribution < 1.29 is 9.47 Å². The fourth-order valence-electron chi connectivity index (χ4n) is 1.87. The lowest BCUT2D eigenvalue weighted by atomic mass is 10.1. The van der Waals surface area contributed by atoms with E-state index >= 15 is 0 Å². The van der Waals surface area contributed by atoms with E-state index in [1.807, 2.05) is 0 Å². The third-order valence-corrected chi connectivity index (χ3v) is 3.09. The van der Waals surface area contributed by atoms with Crippen LogP contribution in [0.3, 0.4) is 0 Å². The molecule has 2 atom stereocenters. The van der Waals surface area contributed by atoms with Crippen LogP contribution in [0, 0.1) is 0 Å². The Morgan fingerprint density at radius 2 is 1.89 bits per heavy atom. The lowest BCUT2D eigenvalue weighted by Crippen LogP contribution is -2.37. The zero-order chi connectivity index (χ0) is 13.6. The van der Waals surface area contributed by atoms with Crippen molar-refractivity contribution in [3.05, 3.63) is 0 Å². The van der Waals surface area contributed by atoms with Crippen LogP contribution in [0.5, 0.6) is 0 Å². The van der Waals surface area contributed by atoms with Crippen LogP contribution in [0.4, 0.5) is 0 Å². The van der Waals surface area contributed by atoms with Gasteiger partial charge in [-0.15, -0.1) is 0 Å². The highest BCUT2D eigenvalue weighted by atomic mass is 16.5. The van der Waals surface area contributed by atoms with Gasteiger partial charge in [-0.3, -0.25) is 0 Å². The molecule has 0 aliphatic carbocycles. The molecule has 0 aliphatic rings. The van der Waals surface area contributed by atoms with Crippen LogP contribution in [0.1, 0.15) is 39.5 Å². The molecule has 0 aromatic rings. The lowest BCUT2D eigenvalue weighted by molar-refractivity contribution is 0.0291. The van der Waals surface area contributed by atoms with Crippen molar-refractivity contribution in [3.63, 3.8) is 0 Å². The average Bonchev–Trinajstić information content (AvgIpc) is 2.37. The number of hydrogen-bond acceptors (Lipinski definition) is 4. The Kier molecular flexibility index (Phi) is 13.2. The maximum atomic E-state index is 5.28. The van der Waals surface area contributed by atoms with Gasteiger partial charge in [0.05, 0.1) is 12.7 Å². The molecule has 4 heteroatoms. The Morgan fingerprint density at radius 1 is 1.11 bits per heavy atom. The van der Waals surface area contributed by atoms with Gasteiger partial charge in [0.1, 0.15) is 0 Å². The third kappa shape index (κ3) is 11.0. The number of rotatable bonds is 13. The maximum Gasteiger partial charge on any atom is 0.0928 e. The van der Waals surface area contributed by atoms with Crippen molar-refractivity contribution in [2.75, 3.05) is 40.5 Å². The first-order chi connectivity index (χ1) is 8.74. The van der Waals surface area contributed by atoms with Crippen LogP contribution in [0.2, 0.25) is 0 Å². The second-order valence-corrected chi connectivity index (χ2v) is 4.87. The summed E-state index contributed by atoms with van der Waals surface area (Å²) in [7, 11) is 3.42. The zero-order valence-electron chi connectivity index (χ0n) is 12.6. The van der Waals surface area contributed by atoms with Crippen LogP contribution in [0.15, 0.2) is 0 Å². The molecular formula is C14H32N2O2. The first-order valence-electron chi connectivity index (χ1n) is 7.20. The second kappa shape index (κ2) is 13.3. The molecular weight excluding hydrogens is 228 g/mol. The molecule has 0 fully saturated rings. The molecule has 0 saturated carbocycles. The van der Waals surface area contributed by atoms with Crippen LogP contribution in [-0.4, -0.2) is 52.6 Å². The van der Waals surface area contributed by atoms with Gasteiger partial charge >= 0.3 is 0 Å². The highest BCUT2D eigenvalue weighted by Crippen LogP contribution is 2.02. The average molecular weight is 260 g/mol. The van der Waals surface area contributed by atoms with Gasteiger partial charge in [-0.1, -0.05) is 26.2 Å². The summed E-state index contributed by atoms with van der Waals surface area (Å²) in [5, 5.41) is 6.91. The van der Waals surface area contributed by atoms with Gasteiger partial charge in [-0.25, -0.2) is 0 Å². The van der Waals surface area contributed by atoms with Crippen molar-refractivity contribution in [2.45, 2.75) is 51.7 Å². The van der Waals surface area contributed by atoms with Gasteiger partial charge in [0, 0.05) is 39.9 Å². The number of nitrogens with one attached hydrogen (secondary N) is 2. The predicted molar refractivity (Wildman–Crippen MR) is 77.1 cm³/mol. The summed E-state index contributed by atoms with van der Waals surface area (Å²) < 4.78 is 10.3. The molecule has 0 aliphatic heterocycles. The fourth-order valence-corrected chi connectivity index (χ4v) is 1.87. The topological polar surface area (TPSA) is 42.5 Å².